The van der Waals surface area contributed by atoms with E-state index in [0.717, 1.165) is 31.0 Å². The van der Waals surface area contributed by atoms with Gasteiger partial charge < -0.3 is 10.4 Å². The maximum Gasteiger partial charge on any atom is 0.311 e. The molecule has 1 amide bonds. The van der Waals surface area contributed by atoms with E-state index in [0.29, 0.717) is 12.8 Å². The molecule has 0 aliphatic heterocycles. The van der Waals surface area contributed by atoms with Gasteiger partial charge in [-0.25, -0.2) is 8.78 Å². The summed E-state index contributed by atoms with van der Waals surface area (Å²) in [5.74, 6) is -3.82. The highest BCUT2D eigenvalue weighted by atomic mass is 19.1. The van der Waals surface area contributed by atoms with Crippen LogP contribution >= 0.6 is 0 Å². The quantitative estimate of drug-likeness (QED) is 0.891. The Morgan fingerprint density at radius 3 is 2.25 bits per heavy atom. The van der Waals surface area contributed by atoms with E-state index in [1.54, 1.807) is 0 Å². The second-order valence-electron chi connectivity index (χ2n) is 5.07. The number of halogens is 2. The van der Waals surface area contributed by atoms with Crippen molar-refractivity contribution in [2.24, 2.45) is 5.41 Å². The van der Waals surface area contributed by atoms with Crippen LogP contribution < -0.4 is 5.32 Å². The molecule has 0 atom stereocenters. The van der Waals surface area contributed by atoms with Crippen LogP contribution in [0.5, 0.6) is 0 Å². The van der Waals surface area contributed by atoms with Crippen molar-refractivity contribution in [2.75, 3.05) is 6.54 Å². The first-order chi connectivity index (χ1) is 9.46. The molecule has 6 heteroatoms. The Bertz CT molecular complexity index is 519. The summed E-state index contributed by atoms with van der Waals surface area (Å²) in [6, 6.07) is 3.14. The number of aliphatic carboxylic acids is 1. The van der Waals surface area contributed by atoms with Crippen LogP contribution in [-0.4, -0.2) is 23.5 Å². The van der Waals surface area contributed by atoms with Gasteiger partial charge in [-0.2, -0.15) is 0 Å². The van der Waals surface area contributed by atoms with Gasteiger partial charge in [-0.05, 0) is 25.0 Å². The maximum absolute atomic E-state index is 13.4. The summed E-state index contributed by atoms with van der Waals surface area (Å²) in [6.45, 7) is -0.116. The first kappa shape index (κ1) is 14.4. The molecule has 2 N–H and O–H groups in total. The molecule has 0 unspecified atom stereocenters. The fraction of sp³-hybridized carbons (Fsp3) is 0.429. The molecule has 1 aromatic carbocycles. The number of carboxylic acids is 1. The lowest BCUT2D eigenvalue weighted by atomic mass is 9.86. The van der Waals surface area contributed by atoms with E-state index in [4.69, 9.17) is 0 Å². The molecule has 0 heterocycles. The van der Waals surface area contributed by atoms with Crippen LogP contribution in [-0.2, 0) is 4.79 Å². The minimum Gasteiger partial charge on any atom is -0.481 e. The second-order valence-corrected chi connectivity index (χ2v) is 5.07. The van der Waals surface area contributed by atoms with Crippen LogP contribution in [0.25, 0.3) is 0 Å². The van der Waals surface area contributed by atoms with E-state index in [9.17, 15) is 23.5 Å². The Hall–Kier alpha value is -1.98. The Morgan fingerprint density at radius 1 is 1.20 bits per heavy atom. The third kappa shape index (κ3) is 2.64. The minimum atomic E-state index is -1.02. The molecule has 0 aromatic heterocycles. The van der Waals surface area contributed by atoms with Crippen molar-refractivity contribution in [3.05, 3.63) is 35.4 Å². The normalized spacial score (nSPS) is 16.9. The van der Waals surface area contributed by atoms with E-state index in [1.165, 1.54) is 0 Å². The van der Waals surface area contributed by atoms with Crippen molar-refractivity contribution in [2.45, 2.75) is 25.7 Å². The monoisotopic (exact) mass is 283 g/mol. The van der Waals surface area contributed by atoms with Crippen molar-refractivity contribution in [3.63, 3.8) is 0 Å². The number of nitrogens with one attached hydrogen (secondary N) is 1. The molecule has 1 aromatic rings. The zero-order valence-corrected chi connectivity index (χ0v) is 10.8. The zero-order chi connectivity index (χ0) is 14.8. The van der Waals surface area contributed by atoms with E-state index in [2.05, 4.69) is 5.32 Å². The van der Waals surface area contributed by atoms with E-state index >= 15 is 0 Å². The van der Waals surface area contributed by atoms with Gasteiger partial charge in [-0.3, -0.25) is 9.59 Å². The summed E-state index contributed by atoms with van der Waals surface area (Å²) >= 11 is 0. The number of carboxylic acid groups (broad SMARTS) is 1. The third-order valence-electron chi connectivity index (χ3n) is 3.79. The van der Waals surface area contributed by atoms with Gasteiger partial charge >= 0.3 is 5.97 Å². The van der Waals surface area contributed by atoms with Crippen molar-refractivity contribution in [1.82, 2.24) is 5.32 Å². The first-order valence-corrected chi connectivity index (χ1v) is 6.42. The molecule has 0 saturated heterocycles. The SMILES string of the molecule is O=C(NCC1(C(=O)O)CCCC1)c1c(F)cccc1F. The van der Waals surface area contributed by atoms with Gasteiger partial charge in [0.2, 0.25) is 0 Å². The van der Waals surface area contributed by atoms with Crippen LogP contribution in [0.15, 0.2) is 18.2 Å². The molecular formula is C14H15F2NO3. The highest BCUT2D eigenvalue weighted by Gasteiger charge is 2.41. The summed E-state index contributed by atoms with van der Waals surface area (Å²) < 4.78 is 26.9. The summed E-state index contributed by atoms with van der Waals surface area (Å²) in [4.78, 5) is 23.1. The lowest BCUT2D eigenvalue weighted by Crippen LogP contribution is -2.41. The molecular weight excluding hydrogens is 268 g/mol. The molecule has 4 nitrogen and oxygen atoms in total. The molecule has 2 rings (SSSR count). The van der Waals surface area contributed by atoms with Gasteiger partial charge in [-0.15, -0.1) is 0 Å². The number of rotatable bonds is 4. The molecule has 1 aliphatic carbocycles. The van der Waals surface area contributed by atoms with Gasteiger partial charge in [0.05, 0.1) is 5.41 Å². The van der Waals surface area contributed by atoms with Gasteiger partial charge in [-0.1, -0.05) is 18.9 Å². The standard InChI is InChI=1S/C14H15F2NO3/c15-9-4-3-5-10(16)11(9)12(18)17-8-14(13(19)20)6-1-2-7-14/h3-5H,1-2,6-8H2,(H,17,18)(H,19,20). The van der Waals surface area contributed by atoms with Crippen molar-refractivity contribution in [1.29, 1.82) is 0 Å². The predicted molar refractivity (Wildman–Crippen MR) is 67.2 cm³/mol. The summed E-state index contributed by atoms with van der Waals surface area (Å²) in [5, 5.41) is 11.6. The topological polar surface area (TPSA) is 66.4 Å². The molecule has 20 heavy (non-hydrogen) atoms. The largest absolute Gasteiger partial charge is 0.481 e. The van der Waals surface area contributed by atoms with Crippen molar-refractivity contribution in [3.8, 4) is 0 Å². The summed E-state index contributed by atoms with van der Waals surface area (Å²) in [5.41, 5.74) is -1.69. The van der Waals surface area contributed by atoms with Crippen LogP contribution in [0.3, 0.4) is 0 Å². The van der Waals surface area contributed by atoms with Crippen LogP contribution in [0.2, 0.25) is 0 Å². The smallest absolute Gasteiger partial charge is 0.311 e. The number of hydrogen-bond acceptors (Lipinski definition) is 2. The lowest BCUT2D eigenvalue weighted by Gasteiger charge is -2.24. The molecule has 108 valence electrons. The molecule has 1 aliphatic rings. The Kier molecular flexibility index (Phi) is 4.01. The molecule has 1 fully saturated rings. The number of benzene rings is 1. The zero-order valence-electron chi connectivity index (χ0n) is 10.8. The van der Waals surface area contributed by atoms with Gasteiger partial charge in [0.15, 0.2) is 0 Å². The molecule has 0 bridgehead atoms. The Balaban J connectivity index is 2.11. The van der Waals surface area contributed by atoms with Gasteiger partial charge in [0, 0.05) is 6.54 Å². The molecule has 0 radical (unpaired) electrons. The van der Waals surface area contributed by atoms with Gasteiger partial charge in [0.25, 0.3) is 5.91 Å². The second kappa shape index (κ2) is 5.56. The third-order valence-corrected chi connectivity index (χ3v) is 3.79. The predicted octanol–water partition coefficient (Wildman–Crippen LogP) is 2.34. The van der Waals surface area contributed by atoms with E-state index in [-0.39, 0.29) is 6.54 Å². The average molecular weight is 283 g/mol. The maximum atomic E-state index is 13.4. The van der Waals surface area contributed by atoms with Crippen LogP contribution in [0.1, 0.15) is 36.0 Å². The van der Waals surface area contributed by atoms with E-state index in [1.807, 2.05) is 0 Å². The number of carbonyl (C=O) groups is 2. The van der Waals surface area contributed by atoms with Crippen molar-refractivity contribution >= 4 is 11.9 Å². The van der Waals surface area contributed by atoms with E-state index < -0.39 is 34.5 Å². The lowest BCUT2D eigenvalue weighted by molar-refractivity contribution is -0.148. The van der Waals surface area contributed by atoms with Crippen LogP contribution in [0.4, 0.5) is 8.78 Å². The Morgan fingerprint density at radius 2 is 1.75 bits per heavy atom. The Labute approximate surface area is 114 Å². The first-order valence-electron chi connectivity index (χ1n) is 6.42. The molecule has 1 saturated carbocycles. The highest BCUT2D eigenvalue weighted by Crippen LogP contribution is 2.37. The highest BCUT2D eigenvalue weighted by molar-refractivity contribution is 5.95. The van der Waals surface area contributed by atoms with Gasteiger partial charge in [0.1, 0.15) is 17.2 Å². The number of hydrogen-bond donors (Lipinski definition) is 2. The van der Waals surface area contributed by atoms with Crippen molar-refractivity contribution < 1.29 is 23.5 Å². The number of carbonyl (C=O) groups excluding carboxylic acids is 1. The van der Waals surface area contributed by atoms with Crippen LogP contribution in [0, 0.1) is 17.0 Å². The summed E-state index contributed by atoms with van der Waals surface area (Å²) in [6.07, 6.45) is 2.47. The average Bonchev–Trinajstić information content (AvgIpc) is 2.86. The summed E-state index contributed by atoms with van der Waals surface area (Å²) in [7, 11) is 0. The number of amides is 1. The minimum absolute atomic E-state index is 0.116. The fourth-order valence-corrected chi connectivity index (χ4v) is 2.57. The molecule has 0 spiro atoms. The fourth-order valence-electron chi connectivity index (χ4n) is 2.57.